The molecule has 104 valence electrons. The summed E-state index contributed by atoms with van der Waals surface area (Å²) in [6.07, 6.45) is 5.23. The maximum absolute atomic E-state index is 13.3. The summed E-state index contributed by atoms with van der Waals surface area (Å²) in [5, 5.41) is 9.85. The molecule has 1 aliphatic carbocycles. The van der Waals surface area contributed by atoms with Gasteiger partial charge in [0.05, 0.1) is 5.92 Å². The average Bonchev–Trinajstić information content (AvgIpc) is 2.59. The second kappa shape index (κ2) is 6.38. The van der Waals surface area contributed by atoms with Crippen molar-refractivity contribution in [2.45, 2.75) is 38.5 Å². The van der Waals surface area contributed by atoms with E-state index in [1.165, 1.54) is 12.1 Å². The van der Waals surface area contributed by atoms with Crippen molar-refractivity contribution in [3.63, 3.8) is 0 Å². The van der Waals surface area contributed by atoms with Crippen LogP contribution < -0.4 is 0 Å². The minimum atomic E-state index is -0.737. The Bertz CT molecular complexity index is 461. The molecule has 1 aromatic rings. The standard InChI is InChI=1S/C15H18ClFO2/c16-14-7-6-12(17)9-11(14)8-10-4-2-1-3-5-13(10)15(18)19/h6-7,9-10,13H,1-5,8H2,(H,18,19). The Morgan fingerprint density at radius 3 is 2.79 bits per heavy atom. The third-order valence-electron chi connectivity index (χ3n) is 3.97. The summed E-state index contributed by atoms with van der Waals surface area (Å²) >= 11 is 6.07. The highest BCUT2D eigenvalue weighted by Crippen LogP contribution is 2.33. The summed E-state index contributed by atoms with van der Waals surface area (Å²) in [6, 6.07) is 4.29. The highest BCUT2D eigenvalue weighted by Gasteiger charge is 2.29. The molecule has 2 atom stereocenters. The number of carbonyl (C=O) groups is 1. The molecule has 0 bridgehead atoms. The zero-order chi connectivity index (χ0) is 13.8. The van der Waals surface area contributed by atoms with Gasteiger partial charge >= 0.3 is 5.97 Å². The molecule has 0 saturated heterocycles. The van der Waals surface area contributed by atoms with Crippen LogP contribution in [0.3, 0.4) is 0 Å². The first-order valence-corrected chi connectivity index (χ1v) is 7.12. The SMILES string of the molecule is O=C(O)C1CCCCCC1Cc1cc(F)ccc1Cl. The molecular formula is C15H18ClFO2. The van der Waals surface area contributed by atoms with Gasteiger partial charge in [0.2, 0.25) is 0 Å². The minimum Gasteiger partial charge on any atom is -0.481 e. The van der Waals surface area contributed by atoms with Gasteiger partial charge in [-0.15, -0.1) is 0 Å². The third-order valence-corrected chi connectivity index (χ3v) is 4.33. The summed E-state index contributed by atoms with van der Waals surface area (Å²) < 4.78 is 13.3. The highest BCUT2D eigenvalue weighted by molar-refractivity contribution is 6.31. The lowest BCUT2D eigenvalue weighted by Crippen LogP contribution is -2.24. The summed E-state index contributed by atoms with van der Waals surface area (Å²) in [7, 11) is 0. The maximum atomic E-state index is 13.3. The molecule has 0 spiro atoms. The van der Waals surface area contributed by atoms with Crippen molar-refractivity contribution in [2.24, 2.45) is 11.8 Å². The smallest absolute Gasteiger partial charge is 0.306 e. The normalized spacial score (nSPS) is 23.9. The van der Waals surface area contributed by atoms with Crippen LogP contribution in [0, 0.1) is 17.7 Å². The van der Waals surface area contributed by atoms with E-state index in [-0.39, 0.29) is 17.7 Å². The topological polar surface area (TPSA) is 37.3 Å². The first-order valence-electron chi connectivity index (χ1n) is 6.74. The molecule has 1 aromatic carbocycles. The first kappa shape index (κ1) is 14.3. The molecular weight excluding hydrogens is 267 g/mol. The average molecular weight is 285 g/mol. The van der Waals surface area contributed by atoms with E-state index in [2.05, 4.69) is 0 Å². The van der Waals surface area contributed by atoms with E-state index in [9.17, 15) is 14.3 Å². The highest BCUT2D eigenvalue weighted by atomic mass is 35.5. The quantitative estimate of drug-likeness (QED) is 0.840. The van der Waals surface area contributed by atoms with Crippen LogP contribution in [0.25, 0.3) is 0 Å². The zero-order valence-electron chi connectivity index (χ0n) is 10.7. The molecule has 1 aliphatic rings. The van der Waals surface area contributed by atoms with E-state index in [0.29, 0.717) is 17.9 Å². The molecule has 1 N–H and O–H groups in total. The Kier molecular flexibility index (Phi) is 4.81. The monoisotopic (exact) mass is 284 g/mol. The lowest BCUT2D eigenvalue weighted by Gasteiger charge is -2.22. The predicted octanol–water partition coefficient (Wildman–Crippen LogP) is 4.30. The Hall–Kier alpha value is -1.09. The zero-order valence-corrected chi connectivity index (χ0v) is 11.5. The lowest BCUT2D eigenvalue weighted by atomic mass is 9.83. The largest absolute Gasteiger partial charge is 0.481 e. The lowest BCUT2D eigenvalue weighted by molar-refractivity contribution is -0.143. The van der Waals surface area contributed by atoms with Gasteiger partial charge in [-0.05, 0) is 48.9 Å². The summed E-state index contributed by atoms with van der Waals surface area (Å²) in [5.74, 6) is -1.33. The van der Waals surface area contributed by atoms with E-state index in [0.717, 1.165) is 31.2 Å². The number of aliphatic carboxylic acids is 1. The molecule has 0 radical (unpaired) electrons. The van der Waals surface area contributed by atoms with Gasteiger partial charge in [-0.25, -0.2) is 4.39 Å². The van der Waals surface area contributed by atoms with Crippen molar-refractivity contribution >= 4 is 17.6 Å². The first-order chi connectivity index (χ1) is 9.08. The number of hydrogen-bond donors (Lipinski definition) is 1. The Balaban J connectivity index is 2.18. The van der Waals surface area contributed by atoms with Gasteiger partial charge in [0.1, 0.15) is 5.82 Å². The molecule has 0 aromatic heterocycles. The number of carboxylic acids is 1. The van der Waals surface area contributed by atoms with Crippen molar-refractivity contribution in [3.8, 4) is 0 Å². The minimum absolute atomic E-state index is 0.0549. The third kappa shape index (κ3) is 3.69. The second-order valence-electron chi connectivity index (χ2n) is 5.28. The fraction of sp³-hybridized carbons (Fsp3) is 0.533. The molecule has 0 amide bonds. The van der Waals surface area contributed by atoms with E-state index in [4.69, 9.17) is 11.6 Å². The van der Waals surface area contributed by atoms with Crippen molar-refractivity contribution in [2.75, 3.05) is 0 Å². The molecule has 0 aliphatic heterocycles. The van der Waals surface area contributed by atoms with Crippen LogP contribution in [0.4, 0.5) is 4.39 Å². The Morgan fingerprint density at radius 1 is 1.32 bits per heavy atom. The van der Waals surface area contributed by atoms with E-state index < -0.39 is 5.97 Å². The molecule has 2 nitrogen and oxygen atoms in total. The number of hydrogen-bond acceptors (Lipinski definition) is 1. The van der Waals surface area contributed by atoms with Crippen LogP contribution >= 0.6 is 11.6 Å². The Labute approximate surface area is 117 Å². The number of carboxylic acid groups (broad SMARTS) is 1. The van der Waals surface area contributed by atoms with Crippen molar-refractivity contribution < 1.29 is 14.3 Å². The van der Waals surface area contributed by atoms with Gasteiger partial charge in [0.25, 0.3) is 0 Å². The van der Waals surface area contributed by atoms with Gasteiger partial charge in [-0.3, -0.25) is 4.79 Å². The number of benzene rings is 1. The van der Waals surface area contributed by atoms with Crippen LogP contribution in [0.1, 0.15) is 37.7 Å². The van der Waals surface area contributed by atoms with Gasteiger partial charge in [-0.2, -0.15) is 0 Å². The summed E-state index contributed by atoms with van der Waals surface area (Å²) in [5.41, 5.74) is 0.722. The fourth-order valence-electron chi connectivity index (χ4n) is 2.94. The van der Waals surface area contributed by atoms with Crippen LogP contribution in [0.5, 0.6) is 0 Å². The summed E-state index contributed by atoms with van der Waals surface area (Å²) in [6.45, 7) is 0. The summed E-state index contributed by atoms with van der Waals surface area (Å²) in [4.78, 5) is 11.4. The van der Waals surface area contributed by atoms with Gasteiger partial charge in [0.15, 0.2) is 0 Å². The molecule has 0 heterocycles. The van der Waals surface area contributed by atoms with Crippen molar-refractivity contribution in [3.05, 3.63) is 34.6 Å². The second-order valence-corrected chi connectivity index (χ2v) is 5.69. The van der Waals surface area contributed by atoms with Crippen LogP contribution in [-0.4, -0.2) is 11.1 Å². The fourth-order valence-corrected chi connectivity index (χ4v) is 3.13. The van der Waals surface area contributed by atoms with E-state index >= 15 is 0 Å². The Morgan fingerprint density at radius 2 is 2.05 bits per heavy atom. The maximum Gasteiger partial charge on any atom is 0.306 e. The number of halogens is 2. The molecule has 4 heteroatoms. The molecule has 1 fully saturated rings. The van der Waals surface area contributed by atoms with E-state index in [1.54, 1.807) is 6.07 Å². The van der Waals surface area contributed by atoms with Crippen LogP contribution in [-0.2, 0) is 11.2 Å². The van der Waals surface area contributed by atoms with Crippen LogP contribution in [0.15, 0.2) is 18.2 Å². The predicted molar refractivity (Wildman–Crippen MR) is 72.8 cm³/mol. The van der Waals surface area contributed by atoms with E-state index in [1.807, 2.05) is 0 Å². The van der Waals surface area contributed by atoms with Crippen molar-refractivity contribution in [1.29, 1.82) is 0 Å². The number of rotatable bonds is 3. The van der Waals surface area contributed by atoms with Gasteiger partial charge in [-0.1, -0.05) is 30.9 Å². The molecule has 19 heavy (non-hydrogen) atoms. The molecule has 2 rings (SSSR count). The molecule has 1 saturated carbocycles. The molecule has 2 unspecified atom stereocenters. The van der Waals surface area contributed by atoms with Crippen LogP contribution in [0.2, 0.25) is 5.02 Å². The van der Waals surface area contributed by atoms with Crippen molar-refractivity contribution in [1.82, 2.24) is 0 Å². The van der Waals surface area contributed by atoms with Gasteiger partial charge < -0.3 is 5.11 Å². The van der Waals surface area contributed by atoms with Gasteiger partial charge in [0, 0.05) is 5.02 Å².